The molecule has 1 aromatic rings. The molecule has 1 rings (SSSR count). The van der Waals surface area contributed by atoms with E-state index in [-0.39, 0.29) is 12.2 Å². The number of carboxylic acid groups (broad SMARTS) is 1. The fourth-order valence-corrected chi connectivity index (χ4v) is 1.68. The largest absolute Gasteiger partial charge is 0.508 e. The van der Waals surface area contributed by atoms with Gasteiger partial charge in [-0.15, -0.1) is 0 Å². The van der Waals surface area contributed by atoms with Gasteiger partial charge in [0.25, 0.3) is 0 Å². The number of aliphatic carboxylic acids is 1. The van der Waals surface area contributed by atoms with Crippen LogP contribution in [-0.2, 0) is 9.53 Å². The fraction of sp³-hybridized carbons (Fsp3) is 0.429. The van der Waals surface area contributed by atoms with Crippen LogP contribution in [0.2, 0.25) is 0 Å². The third kappa shape index (κ3) is 5.70. The summed E-state index contributed by atoms with van der Waals surface area (Å²) in [4.78, 5) is 22.5. The van der Waals surface area contributed by atoms with Gasteiger partial charge in [-0.3, -0.25) is 10.1 Å². The minimum Gasteiger partial charge on any atom is -0.508 e. The summed E-state index contributed by atoms with van der Waals surface area (Å²) in [5, 5.41) is 20.8. The van der Waals surface area contributed by atoms with Crippen molar-refractivity contribution in [3.05, 3.63) is 23.8 Å². The molecule has 7 heteroatoms. The molecule has 0 saturated heterocycles. The first-order valence-electron chi connectivity index (χ1n) is 6.39. The van der Waals surface area contributed by atoms with Crippen molar-refractivity contribution in [2.45, 2.75) is 38.8 Å². The number of rotatable bonds is 4. The standard InChI is InChI=1S/C14H20N2O5/c1-14(2,3)21-13(20)16-11-5-4-8(17)6-9(11)10(15)7-12(18)19/h4-6,10,17H,7,15H2,1-3H3,(H,16,20)(H,18,19). The van der Waals surface area contributed by atoms with Crippen LogP contribution in [0, 0.1) is 0 Å². The highest BCUT2D eigenvalue weighted by Crippen LogP contribution is 2.28. The molecule has 7 nitrogen and oxygen atoms in total. The molecule has 5 N–H and O–H groups in total. The highest BCUT2D eigenvalue weighted by Gasteiger charge is 2.20. The lowest BCUT2D eigenvalue weighted by molar-refractivity contribution is -0.137. The number of ether oxygens (including phenoxy) is 1. The zero-order valence-electron chi connectivity index (χ0n) is 12.2. The predicted octanol–water partition coefficient (Wildman–Crippen LogP) is 2.21. The van der Waals surface area contributed by atoms with Crippen molar-refractivity contribution in [3.8, 4) is 5.75 Å². The van der Waals surface area contributed by atoms with E-state index < -0.39 is 23.7 Å². The molecular weight excluding hydrogens is 276 g/mol. The summed E-state index contributed by atoms with van der Waals surface area (Å²) >= 11 is 0. The number of hydrogen-bond donors (Lipinski definition) is 4. The first-order chi connectivity index (χ1) is 9.58. The summed E-state index contributed by atoms with van der Waals surface area (Å²) in [7, 11) is 0. The highest BCUT2D eigenvalue weighted by molar-refractivity contribution is 5.86. The van der Waals surface area contributed by atoms with Crippen LogP contribution in [-0.4, -0.2) is 27.9 Å². The highest BCUT2D eigenvalue weighted by atomic mass is 16.6. The van der Waals surface area contributed by atoms with Crippen LogP contribution >= 0.6 is 0 Å². The SMILES string of the molecule is CC(C)(C)OC(=O)Nc1ccc(O)cc1C(N)CC(=O)O. The van der Waals surface area contributed by atoms with E-state index in [2.05, 4.69) is 5.32 Å². The molecule has 116 valence electrons. The maximum Gasteiger partial charge on any atom is 0.412 e. The summed E-state index contributed by atoms with van der Waals surface area (Å²) < 4.78 is 5.12. The Bertz CT molecular complexity index is 537. The van der Waals surface area contributed by atoms with Gasteiger partial charge in [0, 0.05) is 11.7 Å². The lowest BCUT2D eigenvalue weighted by Crippen LogP contribution is -2.28. The Morgan fingerprint density at radius 1 is 1.38 bits per heavy atom. The van der Waals surface area contributed by atoms with Gasteiger partial charge in [0.05, 0.1) is 6.42 Å². The summed E-state index contributed by atoms with van der Waals surface area (Å²) in [6, 6.07) is 3.26. The molecule has 0 fully saturated rings. The molecule has 0 aliphatic rings. The average Bonchev–Trinajstić information content (AvgIpc) is 2.27. The van der Waals surface area contributed by atoms with Crippen LogP contribution in [0.3, 0.4) is 0 Å². The number of amides is 1. The number of nitrogens with one attached hydrogen (secondary N) is 1. The number of phenolic OH excluding ortho intramolecular Hbond substituents is 1. The first kappa shape index (κ1) is 16.8. The van der Waals surface area contributed by atoms with Crippen LogP contribution in [0.25, 0.3) is 0 Å². The van der Waals surface area contributed by atoms with Gasteiger partial charge >= 0.3 is 12.1 Å². The van der Waals surface area contributed by atoms with Crippen LogP contribution in [0.4, 0.5) is 10.5 Å². The fourth-order valence-electron chi connectivity index (χ4n) is 1.68. The molecule has 21 heavy (non-hydrogen) atoms. The van der Waals surface area contributed by atoms with Crippen molar-refractivity contribution in [2.75, 3.05) is 5.32 Å². The van der Waals surface area contributed by atoms with Gasteiger partial charge in [-0.25, -0.2) is 4.79 Å². The Kier molecular flexibility index (Phi) is 5.15. The molecule has 0 radical (unpaired) electrons. The Hall–Kier alpha value is -2.28. The van der Waals surface area contributed by atoms with Crippen molar-refractivity contribution >= 4 is 17.7 Å². The number of aromatic hydroxyl groups is 1. The molecule has 0 aromatic heterocycles. The maximum absolute atomic E-state index is 11.8. The van der Waals surface area contributed by atoms with E-state index in [1.54, 1.807) is 20.8 Å². The van der Waals surface area contributed by atoms with Gasteiger partial charge in [-0.2, -0.15) is 0 Å². The topological polar surface area (TPSA) is 122 Å². The van der Waals surface area contributed by atoms with E-state index in [4.69, 9.17) is 15.6 Å². The number of anilines is 1. The van der Waals surface area contributed by atoms with Crippen molar-refractivity contribution in [1.82, 2.24) is 0 Å². The minimum absolute atomic E-state index is 0.0689. The monoisotopic (exact) mass is 296 g/mol. The molecule has 0 aliphatic carbocycles. The summed E-state index contributed by atoms with van der Waals surface area (Å²) in [5.74, 6) is -1.14. The third-order valence-corrected chi connectivity index (χ3v) is 2.46. The second kappa shape index (κ2) is 6.45. The predicted molar refractivity (Wildman–Crippen MR) is 77.1 cm³/mol. The number of phenols is 1. The number of benzene rings is 1. The number of nitrogens with two attached hydrogens (primary N) is 1. The number of carbonyl (C=O) groups excluding carboxylic acids is 1. The molecule has 1 unspecified atom stereocenters. The quantitative estimate of drug-likeness (QED) is 0.632. The van der Waals surface area contributed by atoms with Crippen molar-refractivity contribution in [3.63, 3.8) is 0 Å². The van der Waals surface area contributed by atoms with Crippen LogP contribution in [0.15, 0.2) is 18.2 Å². The molecule has 0 spiro atoms. The second-order valence-electron chi connectivity index (χ2n) is 5.60. The van der Waals surface area contributed by atoms with Crippen LogP contribution in [0.1, 0.15) is 38.8 Å². The molecule has 0 aliphatic heterocycles. The molecule has 0 saturated carbocycles. The zero-order chi connectivity index (χ0) is 16.2. The average molecular weight is 296 g/mol. The van der Waals surface area contributed by atoms with E-state index in [1.807, 2.05) is 0 Å². The first-order valence-corrected chi connectivity index (χ1v) is 6.39. The zero-order valence-corrected chi connectivity index (χ0v) is 12.2. The van der Waals surface area contributed by atoms with E-state index in [0.29, 0.717) is 11.3 Å². The van der Waals surface area contributed by atoms with Gasteiger partial charge in [0.1, 0.15) is 11.4 Å². The maximum atomic E-state index is 11.8. The normalized spacial score (nSPS) is 12.6. The van der Waals surface area contributed by atoms with E-state index in [1.165, 1.54) is 18.2 Å². The lowest BCUT2D eigenvalue weighted by Gasteiger charge is -2.21. The second-order valence-corrected chi connectivity index (χ2v) is 5.60. The summed E-state index contributed by atoms with van der Waals surface area (Å²) in [6.07, 6.45) is -1.01. The van der Waals surface area contributed by atoms with Crippen LogP contribution in [0.5, 0.6) is 5.75 Å². The number of carbonyl (C=O) groups is 2. The van der Waals surface area contributed by atoms with Crippen molar-refractivity contribution in [2.24, 2.45) is 5.73 Å². The van der Waals surface area contributed by atoms with Crippen molar-refractivity contribution in [1.29, 1.82) is 0 Å². The van der Waals surface area contributed by atoms with E-state index in [0.717, 1.165) is 0 Å². The minimum atomic E-state index is -1.07. The lowest BCUT2D eigenvalue weighted by atomic mass is 10.0. The number of hydrogen-bond acceptors (Lipinski definition) is 5. The molecule has 1 aromatic carbocycles. The van der Waals surface area contributed by atoms with E-state index >= 15 is 0 Å². The van der Waals surface area contributed by atoms with Gasteiger partial charge in [0.15, 0.2) is 0 Å². The number of carboxylic acids is 1. The Labute approximate surface area is 122 Å². The van der Waals surface area contributed by atoms with Crippen molar-refractivity contribution < 1.29 is 24.5 Å². The molecular formula is C14H20N2O5. The Morgan fingerprint density at radius 3 is 2.52 bits per heavy atom. The Morgan fingerprint density at radius 2 is 2.00 bits per heavy atom. The van der Waals surface area contributed by atoms with Gasteiger partial charge < -0.3 is 20.7 Å². The molecule has 0 heterocycles. The third-order valence-electron chi connectivity index (χ3n) is 2.46. The van der Waals surface area contributed by atoms with Crippen LogP contribution < -0.4 is 11.1 Å². The summed E-state index contributed by atoms with van der Waals surface area (Å²) in [5.41, 5.74) is 5.75. The molecule has 0 bridgehead atoms. The van der Waals surface area contributed by atoms with Gasteiger partial charge in [-0.1, -0.05) is 0 Å². The summed E-state index contributed by atoms with van der Waals surface area (Å²) in [6.45, 7) is 5.17. The molecule has 1 atom stereocenters. The molecule has 1 amide bonds. The smallest absolute Gasteiger partial charge is 0.412 e. The van der Waals surface area contributed by atoms with Gasteiger partial charge in [-0.05, 0) is 44.5 Å². The van der Waals surface area contributed by atoms with Gasteiger partial charge in [0.2, 0.25) is 0 Å². The van der Waals surface area contributed by atoms with E-state index in [9.17, 15) is 14.7 Å². The Balaban J connectivity index is 2.96.